The van der Waals surface area contributed by atoms with Crippen molar-refractivity contribution in [3.63, 3.8) is 0 Å². The van der Waals surface area contributed by atoms with Gasteiger partial charge in [0.1, 0.15) is 12.9 Å². The number of nitrogens with one attached hydrogen (secondary N) is 1. The van der Waals surface area contributed by atoms with E-state index in [1.165, 1.54) is 15.4 Å². The molecule has 0 radical (unpaired) electrons. The van der Waals surface area contributed by atoms with E-state index in [4.69, 9.17) is 4.52 Å². The molecule has 3 heterocycles. The third kappa shape index (κ3) is 3.05. The van der Waals surface area contributed by atoms with Crippen LogP contribution in [0.2, 0.25) is 0 Å². The number of aryl methyl sites for hydroxylation is 1. The molecular weight excluding hydrogens is 312 g/mol. The molecule has 3 aromatic heterocycles. The average Bonchev–Trinajstić information content (AvgIpc) is 3.08. The summed E-state index contributed by atoms with van der Waals surface area (Å²) in [6, 6.07) is 3.36. The number of anilines is 1. The minimum Gasteiger partial charge on any atom is -0.338 e. The zero-order chi connectivity index (χ0) is 17.5. The van der Waals surface area contributed by atoms with Crippen LogP contribution in [0.25, 0.3) is 5.65 Å². The monoisotopic (exact) mass is 330 g/mol. The van der Waals surface area contributed by atoms with Crippen molar-refractivity contribution in [1.82, 2.24) is 24.3 Å². The van der Waals surface area contributed by atoms with Gasteiger partial charge in [-0.2, -0.15) is 9.61 Å². The van der Waals surface area contributed by atoms with Crippen LogP contribution in [0.3, 0.4) is 0 Å². The number of carbonyl (C=O) groups is 1. The summed E-state index contributed by atoms with van der Waals surface area (Å²) in [6.45, 7) is 7.54. The van der Waals surface area contributed by atoms with Gasteiger partial charge in [-0.25, -0.2) is 9.78 Å². The lowest BCUT2D eigenvalue weighted by Crippen LogP contribution is -2.32. The van der Waals surface area contributed by atoms with E-state index in [-0.39, 0.29) is 17.8 Å². The summed E-state index contributed by atoms with van der Waals surface area (Å²) in [5.74, 6) is -0.189. The summed E-state index contributed by atoms with van der Waals surface area (Å²) in [5, 5.41) is 10.5. The lowest BCUT2D eigenvalue weighted by molar-refractivity contribution is -0.116. The highest BCUT2D eigenvalue weighted by Gasteiger charge is 2.20. The zero-order valence-electron chi connectivity index (χ0n) is 13.9. The largest absolute Gasteiger partial charge is 0.352 e. The van der Waals surface area contributed by atoms with E-state index in [1.807, 2.05) is 20.8 Å². The van der Waals surface area contributed by atoms with Gasteiger partial charge >= 0.3 is 5.69 Å². The molecule has 0 fully saturated rings. The van der Waals surface area contributed by atoms with Crippen molar-refractivity contribution >= 4 is 17.4 Å². The fourth-order valence-corrected chi connectivity index (χ4v) is 2.13. The fraction of sp³-hybridized carbons (Fsp3) is 0.400. The molecule has 0 aromatic carbocycles. The quantitative estimate of drug-likeness (QED) is 0.771. The van der Waals surface area contributed by atoms with Crippen LogP contribution in [-0.2, 0) is 16.8 Å². The maximum atomic E-state index is 12.5. The Labute approximate surface area is 137 Å². The van der Waals surface area contributed by atoms with E-state index in [0.29, 0.717) is 11.3 Å². The van der Waals surface area contributed by atoms with Crippen LogP contribution in [0.4, 0.5) is 5.88 Å². The smallest absolute Gasteiger partial charge is 0.338 e. The van der Waals surface area contributed by atoms with Gasteiger partial charge in [0.15, 0.2) is 5.65 Å². The third-order valence-electron chi connectivity index (χ3n) is 3.42. The highest BCUT2D eigenvalue weighted by molar-refractivity contribution is 5.89. The number of hydrogen-bond acceptors (Lipinski definition) is 6. The molecule has 9 heteroatoms. The molecule has 24 heavy (non-hydrogen) atoms. The Morgan fingerprint density at radius 2 is 2.08 bits per heavy atom. The molecule has 0 spiro atoms. The van der Waals surface area contributed by atoms with Gasteiger partial charge in [0.2, 0.25) is 11.8 Å². The van der Waals surface area contributed by atoms with Gasteiger partial charge in [0.05, 0.1) is 11.4 Å². The number of fused-ring (bicyclic) bond motifs is 1. The number of amides is 1. The molecule has 0 aliphatic carbocycles. The van der Waals surface area contributed by atoms with Gasteiger partial charge in [-0.05, 0) is 6.92 Å². The van der Waals surface area contributed by atoms with Gasteiger partial charge in [0.25, 0.3) is 0 Å². The topological polar surface area (TPSA) is 107 Å². The first-order valence-electron chi connectivity index (χ1n) is 7.43. The van der Waals surface area contributed by atoms with E-state index in [0.717, 1.165) is 5.69 Å². The van der Waals surface area contributed by atoms with Gasteiger partial charge in [-0.15, -0.1) is 0 Å². The zero-order valence-corrected chi connectivity index (χ0v) is 13.9. The van der Waals surface area contributed by atoms with Crippen LogP contribution < -0.4 is 11.0 Å². The maximum Gasteiger partial charge on any atom is 0.352 e. The molecule has 0 aliphatic rings. The van der Waals surface area contributed by atoms with Crippen LogP contribution in [0, 0.1) is 6.92 Å². The highest BCUT2D eigenvalue weighted by atomic mass is 16.5. The summed E-state index contributed by atoms with van der Waals surface area (Å²) >= 11 is 0. The van der Waals surface area contributed by atoms with Gasteiger partial charge < -0.3 is 4.52 Å². The number of rotatable bonds is 3. The minimum absolute atomic E-state index is 0.202. The molecule has 0 atom stereocenters. The van der Waals surface area contributed by atoms with Crippen LogP contribution in [0.5, 0.6) is 0 Å². The normalized spacial score (nSPS) is 11.8. The predicted octanol–water partition coefficient (Wildman–Crippen LogP) is 1.12. The van der Waals surface area contributed by atoms with E-state index >= 15 is 0 Å². The molecule has 0 aliphatic heterocycles. The summed E-state index contributed by atoms with van der Waals surface area (Å²) in [4.78, 5) is 28.7. The molecule has 9 nitrogen and oxygen atoms in total. The Balaban J connectivity index is 1.86. The molecule has 0 unspecified atom stereocenters. The van der Waals surface area contributed by atoms with Crippen LogP contribution in [-0.4, -0.2) is 30.2 Å². The second-order valence-corrected chi connectivity index (χ2v) is 6.59. The van der Waals surface area contributed by atoms with Crippen molar-refractivity contribution in [2.45, 2.75) is 39.7 Å². The Kier molecular flexibility index (Phi) is 3.70. The lowest BCUT2D eigenvalue weighted by Gasteiger charge is -2.13. The lowest BCUT2D eigenvalue weighted by atomic mass is 9.93. The summed E-state index contributed by atoms with van der Waals surface area (Å²) < 4.78 is 7.30. The summed E-state index contributed by atoms with van der Waals surface area (Å²) in [7, 11) is 0. The number of nitrogens with zero attached hydrogens (tertiary/aromatic N) is 5. The molecule has 0 bridgehead atoms. The summed E-state index contributed by atoms with van der Waals surface area (Å²) in [5.41, 5.74) is 1.22. The number of aromatic nitrogens is 5. The Morgan fingerprint density at radius 1 is 1.33 bits per heavy atom. The van der Waals surface area contributed by atoms with Crippen molar-refractivity contribution in [2.24, 2.45) is 0 Å². The van der Waals surface area contributed by atoms with Crippen molar-refractivity contribution in [3.05, 3.63) is 40.3 Å². The first-order chi connectivity index (χ1) is 11.2. The maximum absolute atomic E-state index is 12.5. The van der Waals surface area contributed by atoms with Crippen molar-refractivity contribution in [3.8, 4) is 0 Å². The first-order valence-corrected chi connectivity index (χ1v) is 7.43. The van der Waals surface area contributed by atoms with E-state index < -0.39 is 11.6 Å². The number of hydrogen-bond donors (Lipinski definition) is 1. The standard InChI is InChI=1S/C15H18N6O3/c1-9-5-13(24-19-9)17-12(22)7-20-8-16-11-6-10(15(2,3)4)18-21(11)14(20)23/h5-6,8H,7H2,1-4H3,(H,17,22). The van der Waals surface area contributed by atoms with Crippen molar-refractivity contribution < 1.29 is 9.32 Å². The molecule has 3 rings (SSSR count). The Bertz CT molecular complexity index is 960. The minimum atomic E-state index is -0.431. The molecule has 1 N–H and O–H groups in total. The first kappa shape index (κ1) is 15.9. The predicted molar refractivity (Wildman–Crippen MR) is 85.8 cm³/mol. The SMILES string of the molecule is Cc1cc(NC(=O)Cn2cnc3cc(C(C)(C)C)nn3c2=O)on1. The van der Waals surface area contributed by atoms with E-state index in [9.17, 15) is 9.59 Å². The Hall–Kier alpha value is -2.97. The molecule has 0 saturated heterocycles. The van der Waals surface area contributed by atoms with Gasteiger partial charge in [-0.1, -0.05) is 25.9 Å². The molecule has 3 aromatic rings. The molecule has 0 saturated carbocycles. The van der Waals surface area contributed by atoms with Gasteiger partial charge in [-0.3, -0.25) is 14.7 Å². The Morgan fingerprint density at radius 3 is 2.71 bits per heavy atom. The van der Waals surface area contributed by atoms with E-state index in [1.54, 1.807) is 19.1 Å². The van der Waals surface area contributed by atoms with Crippen molar-refractivity contribution in [2.75, 3.05) is 5.32 Å². The van der Waals surface area contributed by atoms with Crippen LogP contribution in [0.1, 0.15) is 32.2 Å². The van der Waals surface area contributed by atoms with Crippen LogP contribution in [0.15, 0.2) is 27.8 Å². The van der Waals surface area contributed by atoms with E-state index in [2.05, 4.69) is 20.6 Å². The summed E-state index contributed by atoms with van der Waals surface area (Å²) in [6.07, 6.45) is 1.33. The molecule has 126 valence electrons. The van der Waals surface area contributed by atoms with Gasteiger partial charge in [0, 0.05) is 17.5 Å². The van der Waals surface area contributed by atoms with Crippen molar-refractivity contribution in [1.29, 1.82) is 0 Å². The highest BCUT2D eigenvalue weighted by Crippen LogP contribution is 2.20. The van der Waals surface area contributed by atoms with Crippen LogP contribution >= 0.6 is 0 Å². The second kappa shape index (κ2) is 5.59. The molecule has 1 amide bonds. The second-order valence-electron chi connectivity index (χ2n) is 6.59. The average molecular weight is 330 g/mol. The fourth-order valence-electron chi connectivity index (χ4n) is 2.13. The number of carbonyl (C=O) groups excluding carboxylic acids is 1. The third-order valence-corrected chi connectivity index (χ3v) is 3.42. The molecular formula is C15H18N6O3.